The van der Waals surface area contributed by atoms with Gasteiger partial charge in [-0.15, -0.1) is 0 Å². The Morgan fingerprint density at radius 3 is 2.77 bits per heavy atom. The normalized spacial score (nSPS) is 15.0. The van der Waals surface area contributed by atoms with Crippen LogP contribution in [0.4, 0.5) is 4.39 Å². The second kappa shape index (κ2) is 13.0. The Morgan fingerprint density at radius 1 is 1.37 bits per heavy atom. The summed E-state index contributed by atoms with van der Waals surface area (Å²) in [6, 6.07) is 1.75. The zero-order valence-electron chi connectivity index (χ0n) is 20.8. The standard InChI is InChI=1S/C27H34ClFN6/c1-18(9-7-8-10-31-6)12-27(4,5)20(3)15-32-24(13-29)35-25(19(2)14-30)23-17-34-26-22(23)11-21(28)16-33-26/h7-11,13-14,16-18,20,30,32H,2,6,12,15H2,1,3-5H3,(H,33,34)/b9-7-,10-8-,24-13+,30-14?,35-25+. The van der Waals surface area contributed by atoms with Gasteiger partial charge in [-0.3, -0.25) is 4.99 Å². The number of fused-ring (bicyclic) bond motifs is 1. The van der Waals surface area contributed by atoms with E-state index in [1.54, 1.807) is 18.5 Å². The highest BCUT2D eigenvalue weighted by atomic mass is 35.5. The molecule has 3 N–H and O–H groups in total. The van der Waals surface area contributed by atoms with Crippen molar-refractivity contribution in [1.29, 1.82) is 5.41 Å². The van der Waals surface area contributed by atoms with Crippen molar-refractivity contribution >= 4 is 41.3 Å². The lowest BCUT2D eigenvalue weighted by atomic mass is 9.73. The maximum atomic E-state index is 13.9. The minimum atomic E-state index is -0.0110. The fourth-order valence-electron chi connectivity index (χ4n) is 3.77. The number of H-pyrrole nitrogens is 1. The van der Waals surface area contributed by atoms with Crippen LogP contribution in [0.15, 0.2) is 77.2 Å². The number of pyridine rings is 1. The van der Waals surface area contributed by atoms with E-state index in [1.165, 1.54) is 6.20 Å². The van der Waals surface area contributed by atoms with Gasteiger partial charge in [0.25, 0.3) is 0 Å². The number of hydrogen-bond acceptors (Lipinski definition) is 5. The van der Waals surface area contributed by atoms with Crippen LogP contribution in [0.5, 0.6) is 0 Å². The van der Waals surface area contributed by atoms with Gasteiger partial charge in [0.1, 0.15) is 12.0 Å². The molecule has 2 heterocycles. The monoisotopic (exact) mass is 496 g/mol. The van der Waals surface area contributed by atoms with E-state index in [2.05, 4.69) is 72.3 Å². The van der Waals surface area contributed by atoms with Crippen LogP contribution in [0.3, 0.4) is 0 Å². The van der Waals surface area contributed by atoms with Gasteiger partial charge in [-0.2, -0.15) is 0 Å². The highest BCUT2D eigenvalue weighted by Crippen LogP contribution is 2.34. The average molecular weight is 497 g/mol. The minimum absolute atomic E-state index is 0.0110. The van der Waals surface area contributed by atoms with Crippen molar-refractivity contribution in [3.63, 3.8) is 0 Å². The van der Waals surface area contributed by atoms with Gasteiger partial charge < -0.3 is 15.7 Å². The van der Waals surface area contributed by atoms with Crippen molar-refractivity contribution in [3.8, 4) is 0 Å². The number of aromatic amines is 1. The summed E-state index contributed by atoms with van der Waals surface area (Å²) in [5.74, 6) is 0.644. The zero-order valence-corrected chi connectivity index (χ0v) is 21.5. The molecule has 0 saturated heterocycles. The molecule has 0 aromatic carbocycles. The second-order valence-corrected chi connectivity index (χ2v) is 9.67. The van der Waals surface area contributed by atoms with Crippen molar-refractivity contribution in [1.82, 2.24) is 15.3 Å². The molecule has 0 saturated carbocycles. The average Bonchev–Trinajstić information content (AvgIpc) is 3.23. The molecule has 0 aliphatic rings. The fourth-order valence-corrected chi connectivity index (χ4v) is 3.93. The molecule has 2 aromatic rings. The summed E-state index contributed by atoms with van der Waals surface area (Å²) in [6.45, 7) is 16.6. The highest BCUT2D eigenvalue weighted by Gasteiger charge is 2.27. The van der Waals surface area contributed by atoms with E-state index >= 15 is 0 Å². The van der Waals surface area contributed by atoms with Crippen LogP contribution in [0.2, 0.25) is 5.02 Å². The molecule has 0 bridgehead atoms. The first-order chi connectivity index (χ1) is 16.6. The zero-order chi connectivity index (χ0) is 26.0. The van der Waals surface area contributed by atoms with Crippen molar-refractivity contribution in [2.24, 2.45) is 27.2 Å². The van der Waals surface area contributed by atoms with Gasteiger partial charge in [-0.1, -0.05) is 58.0 Å². The van der Waals surface area contributed by atoms with Gasteiger partial charge in [0.05, 0.1) is 10.7 Å². The topological polar surface area (TPSA) is 89.3 Å². The van der Waals surface area contributed by atoms with E-state index in [0.29, 0.717) is 51.7 Å². The lowest BCUT2D eigenvalue weighted by Crippen LogP contribution is -2.32. The summed E-state index contributed by atoms with van der Waals surface area (Å²) in [7, 11) is 0. The maximum absolute atomic E-state index is 13.9. The Kier molecular flexibility index (Phi) is 10.3. The Bertz CT molecular complexity index is 1170. The van der Waals surface area contributed by atoms with E-state index in [4.69, 9.17) is 17.0 Å². The quantitative estimate of drug-likeness (QED) is 0.205. The van der Waals surface area contributed by atoms with Gasteiger partial charge in [0.2, 0.25) is 0 Å². The molecule has 186 valence electrons. The van der Waals surface area contributed by atoms with Crippen LogP contribution in [0.1, 0.15) is 39.7 Å². The van der Waals surface area contributed by atoms with Crippen molar-refractivity contribution in [2.75, 3.05) is 6.54 Å². The van der Waals surface area contributed by atoms with Crippen LogP contribution in [0, 0.1) is 22.7 Å². The van der Waals surface area contributed by atoms with Crippen LogP contribution in [0.25, 0.3) is 11.0 Å². The lowest BCUT2D eigenvalue weighted by Gasteiger charge is -2.34. The molecule has 8 heteroatoms. The predicted octanol–water partition coefficient (Wildman–Crippen LogP) is 7.03. The van der Waals surface area contributed by atoms with Crippen LogP contribution >= 0.6 is 11.6 Å². The molecule has 2 unspecified atom stereocenters. The van der Waals surface area contributed by atoms with Gasteiger partial charge >= 0.3 is 0 Å². The summed E-state index contributed by atoms with van der Waals surface area (Å²) >= 11 is 6.12. The van der Waals surface area contributed by atoms with E-state index in [9.17, 15) is 4.39 Å². The van der Waals surface area contributed by atoms with Gasteiger partial charge in [-0.25, -0.2) is 14.4 Å². The predicted molar refractivity (Wildman–Crippen MR) is 147 cm³/mol. The number of aliphatic imine (C=N–C) groups is 2. The van der Waals surface area contributed by atoms with Crippen LogP contribution < -0.4 is 5.32 Å². The van der Waals surface area contributed by atoms with Crippen molar-refractivity contribution in [2.45, 2.75) is 34.1 Å². The van der Waals surface area contributed by atoms with E-state index in [1.807, 2.05) is 12.2 Å². The number of halogens is 2. The van der Waals surface area contributed by atoms with Gasteiger partial charge in [0, 0.05) is 47.9 Å². The Balaban J connectivity index is 2.19. The molecule has 0 radical (unpaired) electrons. The van der Waals surface area contributed by atoms with Gasteiger partial charge in [0.15, 0.2) is 5.82 Å². The Labute approximate surface area is 212 Å². The SMILES string of the molecule is C=N/C=C\C=C/C(C)CC(C)(C)C(C)CNC(=C\F)/N=C(\C(=C)C=N)c1c[nH]c2ncc(Cl)cc12. The Morgan fingerprint density at radius 2 is 2.11 bits per heavy atom. The number of nitrogens with one attached hydrogen (secondary N) is 3. The number of aromatic nitrogens is 2. The highest BCUT2D eigenvalue weighted by molar-refractivity contribution is 6.32. The van der Waals surface area contributed by atoms with E-state index < -0.39 is 0 Å². The van der Waals surface area contributed by atoms with E-state index in [0.717, 1.165) is 12.6 Å². The van der Waals surface area contributed by atoms with Crippen LogP contribution in [-0.2, 0) is 0 Å². The smallest absolute Gasteiger partial charge is 0.155 e. The minimum Gasteiger partial charge on any atom is -0.368 e. The van der Waals surface area contributed by atoms with Crippen molar-refractivity contribution in [3.05, 3.63) is 77.8 Å². The summed E-state index contributed by atoms with van der Waals surface area (Å²) in [5, 5.41) is 12.0. The molecule has 0 aliphatic carbocycles. The van der Waals surface area contributed by atoms with Crippen molar-refractivity contribution < 1.29 is 4.39 Å². The fraction of sp³-hybridized carbons (Fsp3) is 0.333. The third kappa shape index (κ3) is 7.86. The molecular weight excluding hydrogens is 463 g/mol. The summed E-state index contributed by atoms with van der Waals surface area (Å²) in [5.41, 5.74) is 1.94. The Hall–Kier alpha value is -3.32. The lowest BCUT2D eigenvalue weighted by molar-refractivity contribution is 0.191. The molecule has 35 heavy (non-hydrogen) atoms. The van der Waals surface area contributed by atoms with Crippen LogP contribution in [-0.4, -0.2) is 35.2 Å². The summed E-state index contributed by atoms with van der Waals surface area (Å²) in [4.78, 5) is 15.5. The molecular formula is C27H34ClFN6. The molecule has 0 spiro atoms. The third-order valence-corrected chi connectivity index (χ3v) is 6.29. The molecule has 6 nitrogen and oxygen atoms in total. The molecule has 2 rings (SSSR count). The largest absolute Gasteiger partial charge is 0.368 e. The molecule has 2 atom stereocenters. The first kappa shape index (κ1) is 27.9. The molecule has 0 fully saturated rings. The number of nitrogens with zero attached hydrogens (tertiary/aromatic N) is 3. The number of allylic oxidation sites excluding steroid dienone is 4. The summed E-state index contributed by atoms with van der Waals surface area (Å²) in [6.07, 6.45) is 13.3. The van der Waals surface area contributed by atoms with E-state index in [-0.39, 0.29) is 17.2 Å². The number of hydrogen-bond donors (Lipinski definition) is 3. The number of rotatable bonds is 13. The molecule has 0 aliphatic heterocycles. The first-order valence-electron chi connectivity index (χ1n) is 11.4. The maximum Gasteiger partial charge on any atom is 0.155 e. The summed E-state index contributed by atoms with van der Waals surface area (Å²) < 4.78 is 13.9. The third-order valence-electron chi connectivity index (χ3n) is 6.08. The molecule has 2 aromatic heterocycles. The molecule has 0 amide bonds. The second-order valence-electron chi connectivity index (χ2n) is 9.24. The van der Waals surface area contributed by atoms with Gasteiger partial charge in [-0.05, 0) is 42.5 Å². The first-order valence-corrected chi connectivity index (χ1v) is 11.8.